The van der Waals surface area contributed by atoms with Crippen LogP contribution < -0.4 is 4.90 Å². The maximum Gasteiger partial charge on any atom is 0.184 e. The molecular weight excluding hydrogens is 386 g/mol. The van der Waals surface area contributed by atoms with Crippen LogP contribution in [-0.4, -0.2) is 58.2 Å². The van der Waals surface area contributed by atoms with E-state index in [-0.39, 0.29) is 5.78 Å². The second-order valence-corrected chi connectivity index (χ2v) is 10.0. The highest BCUT2D eigenvalue weighted by Crippen LogP contribution is 2.27. The first-order chi connectivity index (χ1) is 15.0. The van der Waals surface area contributed by atoms with Gasteiger partial charge in [-0.3, -0.25) is 4.79 Å². The minimum absolute atomic E-state index is 0.175. The van der Waals surface area contributed by atoms with E-state index in [1.54, 1.807) is 4.68 Å². The van der Waals surface area contributed by atoms with Crippen molar-refractivity contribution in [1.29, 1.82) is 0 Å². The largest absolute Gasteiger partial charge is 0.357 e. The van der Waals surface area contributed by atoms with E-state index < -0.39 is 0 Å². The third-order valence-corrected chi connectivity index (χ3v) is 6.92. The van der Waals surface area contributed by atoms with Crippen molar-refractivity contribution in [2.75, 3.05) is 37.6 Å². The molecule has 2 aliphatic heterocycles. The minimum atomic E-state index is 0.175. The zero-order valence-corrected chi connectivity index (χ0v) is 19.6. The summed E-state index contributed by atoms with van der Waals surface area (Å²) in [5.41, 5.74) is 1.43. The Morgan fingerprint density at radius 1 is 1.03 bits per heavy atom. The molecule has 0 unspecified atom stereocenters. The summed E-state index contributed by atoms with van der Waals surface area (Å²) in [5, 5.41) is 5.51. The van der Waals surface area contributed by atoms with Crippen molar-refractivity contribution < 1.29 is 4.79 Å². The Morgan fingerprint density at radius 3 is 2.39 bits per heavy atom. The summed E-state index contributed by atoms with van der Waals surface area (Å²) in [6.45, 7) is 10.1. The Kier molecular flexibility index (Phi) is 7.26. The molecule has 2 aromatic heterocycles. The molecule has 0 bridgehead atoms. The third kappa shape index (κ3) is 5.46. The number of carbonyl (C=O) groups is 1. The lowest BCUT2D eigenvalue weighted by atomic mass is 9.90. The fraction of sp³-hybridized carbons (Fsp3) is 0.720. The van der Waals surface area contributed by atoms with Crippen LogP contribution in [0.4, 0.5) is 5.82 Å². The van der Waals surface area contributed by atoms with Crippen LogP contribution >= 0.6 is 0 Å². The Hall–Kier alpha value is -1.95. The first-order valence-corrected chi connectivity index (χ1v) is 12.4. The van der Waals surface area contributed by atoms with Gasteiger partial charge in [0.15, 0.2) is 11.4 Å². The van der Waals surface area contributed by atoms with E-state index >= 15 is 0 Å². The number of hydrogen-bond donors (Lipinski definition) is 0. The Labute approximate surface area is 187 Å². The van der Waals surface area contributed by atoms with E-state index in [1.165, 1.54) is 32.1 Å². The van der Waals surface area contributed by atoms with Crippen LogP contribution in [-0.2, 0) is 7.05 Å². The van der Waals surface area contributed by atoms with Crippen LogP contribution in [0.2, 0.25) is 0 Å². The molecule has 0 aromatic carbocycles. The van der Waals surface area contributed by atoms with E-state index in [9.17, 15) is 4.79 Å². The van der Waals surface area contributed by atoms with E-state index in [0.717, 1.165) is 62.4 Å². The summed E-state index contributed by atoms with van der Waals surface area (Å²) in [7, 11) is 1.91. The molecule has 0 aliphatic carbocycles. The summed E-state index contributed by atoms with van der Waals surface area (Å²) in [5.74, 6) is 2.37. The van der Waals surface area contributed by atoms with Crippen molar-refractivity contribution in [3.63, 3.8) is 0 Å². The molecule has 31 heavy (non-hydrogen) atoms. The standard InChI is InChI=1S/C25H39N5O/c1-19(2)18-29-15-11-20(12-16-29)17-22(31)24-21-9-10-23(26-25(21)28(3)27-24)30-13-7-5-4-6-8-14-30/h9-10,19-20H,4-8,11-18H2,1-3H3. The molecule has 0 amide bonds. The van der Waals surface area contributed by atoms with E-state index in [1.807, 2.05) is 7.05 Å². The molecule has 6 nitrogen and oxygen atoms in total. The predicted octanol–water partition coefficient (Wildman–Crippen LogP) is 4.68. The zero-order valence-electron chi connectivity index (χ0n) is 19.6. The smallest absolute Gasteiger partial charge is 0.184 e. The second-order valence-electron chi connectivity index (χ2n) is 10.0. The third-order valence-electron chi connectivity index (χ3n) is 6.92. The second kappa shape index (κ2) is 10.1. The van der Waals surface area contributed by atoms with E-state index in [4.69, 9.17) is 4.98 Å². The lowest BCUT2D eigenvalue weighted by Crippen LogP contribution is -2.36. The van der Waals surface area contributed by atoms with Crippen molar-refractivity contribution >= 4 is 22.6 Å². The van der Waals surface area contributed by atoms with Gasteiger partial charge >= 0.3 is 0 Å². The Balaban J connectivity index is 1.44. The topological polar surface area (TPSA) is 54.3 Å². The number of aryl methyl sites for hydroxylation is 1. The van der Waals surface area contributed by atoms with E-state index in [2.05, 4.69) is 40.9 Å². The molecule has 6 heteroatoms. The molecule has 0 radical (unpaired) electrons. The molecule has 2 aliphatic rings. The molecule has 4 heterocycles. The predicted molar refractivity (Wildman–Crippen MR) is 127 cm³/mol. The van der Waals surface area contributed by atoms with Crippen LogP contribution in [0.15, 0.2) is 12.1 Å². The molecular formula is C25H39N5O. The summed E-state index contributed by atoms with van der Waals surface area (Å²) in [6.07, 6.45) is 9.25. The lowest BCUT2D eigenvalue weighted by Gasteiger charge is -2.32. The summed E-state index contributed by atoms with van der Waals surface area (Å²) in [4.78, 5) is 23.0. The zero-order chi connectivity index (χ0) is 21.8. The van der Waals surface area contributed by atoms with Gasteiger partial charge in [-0.15, -0.1) is 0 Å². The normalized spacial score (nSPS) is 19.7. The van der Waals surface area contributed by atoms with Gasteiger partial charge in [-0.25, -0.2) is 9.67 Å². The van der Waals surface area contributed by atoms with Crippen LogP contribution in [0.25, 0.3) is 11.0 Å². The van der Waals surface area contributed by atoms with Gasteiger partial charge in [-0.1, -0.05) is 33.1 Å². The summed E-state index contributed by atoms with van der Waals surface area (Å²) in [6, 6.07) is 4.16. The van der Waals surface area contributed by atoms with Crippen molar-refractivity contribution in [2.45, 2.75) is 65.2 Å². The van der Waals surface area contributed by atoms with Crippen molar-refractivity contribution in [3.8, 4) is 0 Å². The summed E-state index contributed by atoms with van der Waals surface area (Å²) < 4.78 is 1.79. The highest BCUT2D eigenvalue weighted by molar-refractivity contribution is 6.05. The van der Waals surface area contributed by atoms with Crippen molar-refractivity contribution in [1.82, 2.24) is 19.7 Å². The highest BCUT2D eigenvalue weighted by Gasteiger charge is 2.25. The number of aromatic nitrogens is 3. The number of rotatable bonds is 6. The average Bonchev–Trinajstić information content (AvgIpc) is 3.05. The molecule has 2 aromatic rings. The van der Waals surface area contributed by atoms with Crippen molar-refractivity contribution in [3.05, 3.63) is 17.8 Å². The number of piperidine rings is 1. The maximum atomic E-state index is 13.1. The number of pyridine rings is 1. The molecule has 4 rings (SSSR count). The van der Waals surface area contributed by atoms with Crippen LogP contribution in [0, 0.1) is 11.8 Å². The van der Waals surface area contributed by atoms with Gasteiger partial charge in [0.1, 0.15) is 11.5 Å². The van der Waals surface area contributed by atoms with Gasteiger partial charge in [-0.2, -0.15) is 5.10 Å². The number of hydrogen-bond acceptors (Lipinski definition) is 5. The van der Waals surface area contributed by atoms with Gasteiger partial charge in [0.05, 0.1) is 5.39 Å². The number of fused-ring (bicyclic) bond motifs is 1. The first-order valence-electron chi connectivity index (χ1n) is 12.4. The lowest BCUT2D eigenvalue weighted by molar-refractivity contribution is 0.0918. The quantitative estimate of drug-likeness (QED) is 0.629. The molecule has 0 saturated carbocycles. The monoisotopic (exact) mass is 425 g/mol. The Bertz CT molecular complexity index is 873. The van der Waals surface area contributed by atoms with Gasteiger partial charge in [-0.05, 0) is 62.7 Å². The molecule has 170 valence electrons. The summed E-state index contributed by atoms with van der Waals surface area (Å²) >= 11 is 0. The van der Waals surface area contributed by atoms with Crippen LogP contribution in [0.5, 0.6) is 0 Å². The molecule has 2 saturated heterocycles. The molecule has 0 N–H and O–H groups in total. The molecule has 2 fully saturated rings. The molecule has 0 atom stereocenters. The number of likely N-dealkylation sites (tertiary alicyclic amines) is 1. The minimum Gasteiger partial charge on any atom is -0.357 e. The average molecular weight is 426 g/mol. The fourth-order valence-electron chi connectivity index (χ4n) is 5.23. The van der Waals surface area contributed by atoms with Gasteiger partial charge in [0.25, 0.3) is 0 Å². The first kappa shape index (κ1) is 22.3. The maximum absolute atomic E-state index is 13.1. The number of ketones is 1. The number of nitrogens with zero attached hydrogens (tertiary/aromatic N) is 5. The molecule has 0 spiro atoms. The number of anilines is 1. The van der Waals surface area contributed by atoms with Gasteiger partial charge < -0.3 is 9.80 Å². The number of Topliss-reactive ketones (excluding diaryl/α,β-unsaturated/α-hetero) is 1. The Morgan fingerprint density at radius 2 is 1.71 bits per heavy atom. The van der Waals surface area contributed by atoms with Gasteiger partial charge in [0, 0.05) is 33.1 Å². The van der Waals surface area contributed by atoms with Crippen molar-refractivity contribution in [2.24, 2.45) is 18.9 Å². The van der Waals surface area contributed by atoms with Crippen LogP contribution in [0.1, 0.15) is 75.7 Å². The SMILES string of the molecule is CC(C)CN1CCC(CC(=O)c2nn(C)c3nc(N4CCCCCCC4)ccc23)CC1. The van der Waals surface area contributed by atoms with E-state index in [0.29, 0.717) is 24.0 Å². The fourth-order valence-corrected chi connectivity index (χ4v) is 5.23. The van der Waals surface area contributed by atoms with Crippen LogP contribution in [0.3, 0.4) is 0 Å². The highest BCUT2D eigenvalue weighted by atomic mass is 16.1. The van der Waals surface area contributed by atoms with Gasteiger partial charge in [0.2, 0.25) is 0 Å². The number of carbonyl (C=O) groups excluding carboxylic acids is 1.